The number of carboxylic acids is 1. The van der Waals surface area contributed by atoms with Gasteiger partial charge in [-0.05, 0) is 36.1 Å². The zero-order chi connectivity index (χ0) is 11.1. The van der Waals surface area contributed by atoms with Crippen LogP contribution in [0.5, 0.6) is 0 Å². The number of aliphatic carboxylic acids is 1. The zero-order valence-electron chi connectivity index (χ0n) is 8.68. The highest BCUT2D eigenvalue weighted by Gasteiger charge is 2.28. The van der Waals surface area contributed by atoms with Crippen LogP contribution >= 0.6 is 10.0 Å². The third-order valence-corrected chi connectivity index (χ3v) is 4.62. The van der Waals surface area contributed by atoms with E-state index in [4.69, 9.17) is 5.11 Å². The van der Waals surface area contributed by atoms with Crippen molar-refractivity contribution >= 4 is 21.0 Å². The van der Waals surface area contributed by atoms with Crippen LogP contribution in [0.1, 0.15) is 0 Å². The van der Waals surface area contributed by atoms with Crippen LogP contribution in [0.15, 0.2) is 41.6 Å². The van der Waals surface area contributed by atoms with E-state index in [0.717, 1.165) is 5.03 Å². The topological polar surface area (TPSA) is 42.2 Å². The minimum absolute atomic E-state index is 0.409. The Labute approximate surface area is 90.0 Å². The summed E-state index contributed by atoms with van der Waals surface area (Å²) in [5.41, 5.74) is 0.409. The molecule has 0 aromatic carbocycles. The van der Waals surface area contributed by atoms with Gasteiger partial charge in [0, 0.05) is 12.4 Å². The van der Waals surface area contributed by atoms with E-state index < -0.39 is 16.0 Å². The molecule has 0 saturated heterocycles. The van der Waals surface area contributed by atoms with Crippen LogP contribution in [0, 0.1) is 0 Å². The smallest absolute Gasteiger partial charge is 0.338 e. The van der Waals surface area contributed by atoms with Crippen LogP contribution in [-0.2, 0) is 4.79 Å². The van der Waals surface area contributed by atoms with Gasteiger partial charge in [0.05, 0.1) is 10.6 Å². The first-order chi connectivity index (χ1) is 7.02. The normalized spacial score (nSPS) is 20.7. The third kappa shape index (κ3) is 1.61. The van der Waals surface area contributed by atoms with Gasteiger partial charge >= 0.3 is 5.97 Å². The lowest BCUT2D eigenvalue weighted by atomic mass is 10.3. The minimum Gasteiger partial charge on any atom is -0.478 e. The van der Waals surface area contributed by atoms with Crippen molar-refractivity contribution in [3.05, 3.63) is 41.6 Å². The van der Waals surface area contributed by atoms with Gasteiger partial charge in [-0.3, -0.25) is 0 Å². The molecule has 3 nitrogen and oxygen atoms in total. The van der Waals surface area contributed by atoms with Crippen molar-refractivity contribution in [3.63, 3.8) is 0 Å². The van der Waals surface area contributed by atoms with Crippen LogP contribution in [0.25, 0.3) is 5.03 Å². The molecule has 1 aromatic heterocycles. The second-order valence-corrected chi connectivity index (χ2v) is 7.29. The van der Waals surface area contributed by atoms with E-state index in [0.29, 0.717) is 5.57 Å². The molecule has 4 heteroatoms. The first-order valence-electron chi connectivity index (χ1n) is 4.55. The van der Waals surface area contributed by atoms with E-state index in [9.17, 15) is 4.79 Å². The largest absolute Gasteiger partial charge is 0.478 e. The highest BCUT2D eigenvalue weighted by Crippen LogP contribution is 2.58. The molecule has 0 aliphatic carbocycles. The number of nitrogens with zero attached hydrogens (tertiary/aromatic N) is 1. The fourth-order valence-electron chi connectivity index (χ4n) is 1.70. The Bertz CT molecular complexity index is 455. The standard InChI is InChI=1S/C11H13NO2S/c1-15(2)8-5-9(11(13)14)10(15)12-6-3-4-7-12/h3-8H,1-2H3,(H,13,14). The van der Waals surface area contributed by atoms with Gasteiger partial charge in [-0.25, -0.2) is 4.79 Å². The molecular formula is C11H13NO2S. The molecule has 2 rings (SSSR count). The fraction of sp³-hybridized carbons (Fsp3) is 0.182. The summed E-state index contributed by atoms with van der Waals surface area (Å²) in [7, 11) is -1.12. The SMILES string of the molecule is CS1(C)C=CC(C(=O)O)=C1n1cccc1. The van der Waals surface area contributed by atoms with E-state index in [2.05, 4.69) is 12.5 Å². The van der Waals surface area contributed by atoms with Gasteiger partial charge in [-0.15, -0.1) is 0 Å². The van der Waals surface area contributed by atoms with Gasteiger partial charge in [-0.2, -0.15) is 10.0 Å². The van der Waals surface area contributed by atoms with Crippen molar-refractivity contribution in [2.24, 2.45) is 0 Å². The van der Waals surface area contributed by atoms with Gasteiger partial charge < -0.3 is 9.67 Å². The second-order valence-electron chi connectivity index (χ2n) is 3.82. The number of rotatable bonds is 2. The average Bonchev–Trinajstić information content (AvgIpc) is 2.70. The average molecular weight is 223 g/mol. The monoisotopic (exact) mass is 223 g/mol. The molecule has 0 unspecified atom stereocenters. The summed E-state index contributed by atoms with van der Waals surface area (Å²) in [4.78, 5) is 11.1. The molecule has 2 heterocycles. The molecule has 0 spiro atoms. The van der Waals surface area contributed by atoms with Crippen LogP contribution in [0.3, 0.4) is 0 Å². The molecule has 0 fully saturated rings. The molecule has 0 atom stereocenters. The van der Waals surface area contributed by atoms with E-state index in [1.54, 1.807) is 6.08 Å². The maximum absolute atomic E-state index is 11.1. The summed E-state index contributed by atoms with van der Waals surface area (Å²) >= 11 is 0. The van der Waals surface area contributed by atoms with Crippen LogP contribution in [-0.4, -0.2) is 28.2 Å². The van der Waals surface area contributed by atoms with Crippen molar-refractivity contribution in [1.29, 1.82) is 0 Å². The number of carboxylic acid groups (broad SMARTS) is 1. The lowest BCUT2D eigenvalue weighted by molar-refractivity contribution is -0.132. The Morgan fingerprint density at radius 1 is 1.33 bits per heavy atom. The molecule has 80 valence electrons. The first-order valence-corrected chi connectivity index (χ1v) is 7.06. The summed E-state index contributed by atoms with van der Waals surface area (Å²) in [5, 5.41) is 12.0. The lowest BCUT2D eigenvalue weighted by Crippen LogP contribution is -2.06. The van der Waals surface area contributed by atoms with Crippen LogP contribution in [0.2, 0.25) is 0 Å². The Balaban J connectivity index is 2.59. The number of carbonyl (C=O) groups is 1. The molecule has 0 amide bonds. The van der Waals surface area contributed by atoms with E-state index in [1.807, 2.05) is 34.5 Å². The van der Waals surface area contributed by atoms with Crippen molar-refractivity contribution in [1.82, 2.24) is 4.57 Å². The van der Waals surface area contributed by atoms with E-state index >= 15 is 0 Å². The maximum Gasteiger partial charge on any atom is 0.338 e. The van der Waals surface area contributed by atoms with Crippen molar-refractivity contribution < 1.29 is 9.90 Å². The first kappa shape index (κ1) is 10.1. The summed E-state index contributed by atoms with van der Waals surface area (Å²) in [6.45, 7) is 0. The highest BCUT2D eigenvalue weighted by atomic mass is 32.3. The summed E-state index contributed by atoms with van der Waals surface area (Å²) in [5.74, 6) is -0.854. The second kappa shape index (κ2) is 3.31. The van der Waals surface area contributed by atoms with Gasteiger partial charge in [0.2, 0.25) is 0 Å². The summed E-state index contributed by atoms with van der Waals surface area (Å²) < 4.78 is 1.90. The quantitative estimate of drug-likeness (QED) is 0.836. The minimum atomic E-state index is -1.12. The van der Waals surface area contributed by atoms with Crippen LogP contribution in [0.4, 0.5) is 0 Å². The predicted molar refractivity (Wildman–Crippen MR) is 63.9 cm³/mol. The Morgan fingerprint density at radius 2 is 1.93 bits per heavy atom. The molecule has 0 saturated carbocycles. The van der Waals surface area contributed by atoms with Crippen molar-refractivity contribution in [2.75, 3.05) is 12.5 Å². The lowest BCUT2D eigenvalue weighted by Gasteiger charge is -2.28. The summed E-state index contributed by atoms with van der Waals surface area (Å²) in [6, 6.07) is 3.81. The highest BCUT2D eigenvalue weighted by molar-refractivity contribution is 8.42. The zero-order valence-corrected chi connectivity index (χ0v) is 9.49. The van der Waals surface area contributed by atoms with E-state index in [-0.39, 0.29) is 0 Å². The van der Waals surface area contributed by atoms with Gasteiger partial charge in [-0.1, -0.05) is 0 Å². The van der Waals surface area contributed by atoms with Crippen LogP contribution < -0.4 is 0 Å². The Kier molecular flexibility index (Phi) is 2.23. The molecule has 15 heavy (non-hydrogen) atoms. The third-order valence-electron chi connectivity index (χ3n) is 2.37. The Hall–Kier alpha value is -1.42. The van der Waals surface area contributed by atoms with Crippen molar-refractivity contribution in [2.45, 2.75) is 0 Å². The molecule has 0 bridgehead atoms. The summed E-state index contributed by atoms with van der Waals surface area (Å²) in [6.07, 6.45) is 9.68. The van der Waals surface area contributed by atoms with E-state index in [1.165, 1.54) is 0 Å². The number of hydrogen-bond acceptors (Lipinski definition) is 1. The maximum atomic E-state index is 11.1. The van der Waals surface area contributed by atoms with Gasteiger partial charge in [0.15, 0.2) is 0 Å². The molecule has 1 aliphatic heterocycles. The molecular weight excluding hydrogens is 210 g/mol. The number of hydrogen-bond donors (Lipinski definition) is 1. The number of aromatic nitrogens is 1. The predicted octanol–water partition coefficient (Wildman–Crippen LogP) is 2.33. The van der Waals surface area contributed by atoms with Crippen molar-refractivity contribution in [3.8, 4) is 0 Å². The Morgan fingerprint density at radius 3 is 2.47 bits per heavy atom. The molecule has 1 aromatic rings. The van der Waals surface area contributed by atoms with Gasteiger partial charge in [0.25, 0.3) is 0 Å². The molecule has 0 radical (unpaired) electrons. The molecule has 1 aliphatic rings. The van der Waals surface area contributed by atoms with Gasteiger partial charge in [0.1, 0.15) is 0 Å². The fourth-order valence-corrected chi connectivity index (χ4v) is 3.69. The molecule has 1 N–H and O–H groups in total.